The lowest BCUT2D eigenvalue weighted by Gasteiger charge is -2.20. The highest BCUT2D eigenvalue weighted by Gasteiger charge is 2.38. The molecule has 1 atom stereocenters. The van der Waals surface area contributed by atoms with Crippen LogP contribution in [0.3, 0.4) is 0 Å². The molecule has 1 aliphatic carbocycles. The first kappa shape index (κ1) is 21.3. The van der Waals surface area contributed by atoms with Gasteiger partial charge in [0.2, 0.25) is 0 Å². The highest BCUT2D eigenvalue weighted by atomic mass is 19.4. The Morgan fingerprint density at radius 3 is 2.70 bits per heavy atom. The predicted octanol–water partition coefficient (Wildman–Crippen LogP) is 4.50. The van der Waals surface area contributed by atoms with Crippen LogP contribution in [0.25, 0.3) is 0 Å². The first-order valence-corrected chi connectivity index (χ1v) is 9.48. The summed E-state index contributed by atoms with van der Waals surface area (Å²) in [6, 6.07) is 7.04. The Morgan fingerprint density at radius 2 is 2.00 bits per heavy atom. The lowest BCUT2D eigenvalue weighted by molar-refractivity contribution is -0.173. The van der Waals surface area contributed by atoms with Gasteiger partial charge in [-0.2, -0.15) is 13.2 Å². The molecule has 0 heterocycles. The van der Waals surface area contributed by atoms with Gasteiger partial charge < -0.3 is 10.4 Å². The molecule has 1 aromatic rings. The van der Waals surface area contributed by atoms with E-state index in [4.69, 9.17) is 0 Å². The smallest absolute Gasteiger partial charge is 0.388 e. The molecule has 0 spiro atoms. The van der Waals surface area contributed by atoms with Crippen LogP contribution >= 0.6 is 0 Å². The minimum Gasteiger partial charge on any atom is -0.388 e. The van der Waals surface area contributed by atoms with Crippen molar-refractivity contribution in [1.82, 2.24) is 5.32 Å². The quantitative estimate of drug-likeness (QED) is 0.713. The number of amides is 1. The fourth-order valence-electron chi connectivity index (χ4n) is 3.33. The Kier molecular flexibility index (Phi) is 8.18. The third-order valence-electron chi connectivity index (χ3n) is 4.87. The van der Waals surface area contributed by atoms with E-state index in [9.17, 15) is 23.1 Å². The number of carbonyl (C=O) groups excluding carboxylic acids is 1. The van der Waals surface area contributed by atoms with Crippen LogP contribution in [0.15, 0.2) is 24.3 Å². The normalized spacial score (nSPS) is 16.3. The topological polar surface area (TPSA) is 49.3 Å². The summed E-state index contributed by atoms with van der Waals surface area (Å²) in [6.07, 6.45) is 2.69. The number of aliphatic hydroxyl groups is 1. The second kappa shape index (κ2) is 10.4. The summed E-state index contributed by atoms with van der Waals surface area (Å²) in [5.41, 5.74) is 1.35. The summed E-state index contributed by atoms with van der Waals surface area (Å²) in [6.45, 7) is -0.253. The largest absolute Gasteiger partial charge is 0.471 e. The van der Waals surface area contributed by atoms with Gasteiger partial charge >= 0.3 is 12.1 Å². The maximum atomic E-state index is 12.1. The molecule has 2 N–H and O–H groups in total. The van der Waals surface area contributed by atoms with E-state index >= 15 is 0 Å². The summed E-state index contributed by atoms with van der Waals surface area (Å²) in [7, 11) is 0. The molecule has 3 nitrogen and oxygen atoms in total. The third kappa shape index (κ3) is 7.64. The van der Waals surface area contributed by atoms with E-state index in [1.165, 1.54) is 32.1 Å². The zero-order valence-electron chi connectivity index (χ0n) is 15.3. The van der Waals surface area contributed by atoms with Crippen LogP contribution in [0.5, 0.6) is 0 Å². The van der Waals surface area contributed by atoms with Crippen LogP contribution < -0.4 is 5.32 Å². The molecule has 0 aliphatic heterocycles. The van der Waals surface area contributed by atoms with Crippen molar-refractivity contribution in [3.63, 3.8) is 0 Å². The molecule has 1 amide bonds. The number of benzene rings is 1. The monoisotopic (exact) mass is 381 g/mol. The van der Waals surface area contributed by atoms with Gasteiger partial charge in [0.15, 0.2) is 0 Å². The van der Waals surface area contributed by atoms with Crippen LogP contribution in [-0.2, 0) is 4.79 Å². The van der Waals surface area contributed by atoms with Gasteiger partial charge in [-0.15, -0.1) is 0 Å². The Labute approximate surface area is 158 Å². The summed E-state index contributed by atoms with van der Waals surface area (Å²) in [5, 5.41) is 11.9. The molecule has 27 heavy (non-hydrogen) atoms. The Hall–Kier alpha value is -2.00. The molecule has 6 heteroatoms. The van der Waals surface area contributed by atoms with Gasteiger partial charge in [0.05, 0.1) is 6.10 Å². The van der Waals surface area contributed by atoms with E-state index in [2.05, 4.69) is 11.8 Å². The van der Waals surface area contributed by atoms with Crippen LogP contribution in [0.2, 0.25) is 0 Å². The van der Waals surface area contributed by atoms with Gasteiger partial charge in [-0.3, -0.25) is 4.79 Å². The lowest BCUT2D eigenvalue weighted by atomic mass is 9.86. The first-order valence-electron chi connectivity index (χ1n) is 9.48. The molecular weight excluding hydrogens is 355 g/mol. The number of rotatable bonds is 6. The molecule has 0 radical (unpaired) electrons. The molecule has 1 saturated carbocycles. The summed E-state index contributed by atoms with van der Waals surface area (Å²) in [4.78, 5) is 10.8. The fraction of sp³-hybridized carbons (Fsp3) is 0.571. The summed E-state index contributed by atoms with van der Waals surface area (Å²) < 4.78 is 36.4. The van der Waals surface area contributed by atoms with Gasteiger partial charge in [0, 0.05) is 18.5 Å². The van der Waals surface area contributed by atoms with E-state index in [1.54, 1.807) is 23.5 Å². The molecular formula is C21H26F3NO2. The molecule has 2 rings (SSSR count). The van der Waals surface area contributed by atoms with E-state index < -0.39 is 18.2 Å². The zero-order valence-corrected chi connectivity index (χ0v) is 15.3. The van der Waals surface area contributed by atoms with Crippen LogP contribution in [-0.4, -0.2) is 23.7 Å². The Bertz CT molecular complexity index is 670. The van der Waals surface area contributed by atoms with Gasteiger partial charge in [0.25, 0.3) is 0 Å². The fourth-order valence-corrected chi connectivity index (χ4v) is 3.33. The average Bonchev–Trinajstić information content (AvgIpc) is 2.65. The van der Waals surface area contributed by atoms with E-state index in [-0.39, 0.29) is 13.0 Å². The van der Waals surface area contributed by atoms with Gasteiger partial charge in [-0.25, -0.2) is 0 Å². The zero-order chi connectivity index (χ0) is 19.7. The number of aliphatic hydroxyl groups excluding tert-OH is 1. The molecule has 1 aromatic carbocycles. The van der Waals surface area contributed by atoms with Gasteiger partial charge in [-0.05, 0) is 36.5 Å². The minimum absolute atomic E-state index is 0.000379. The van der Waals surface area contributed by atoms with Crippen molar-refractivity contribution in [2.24, 2.45) is 5.92 Å². The second-order valence-corrected chi connectivity index (χ2v) is 7.03. The van der Waals surface area contributed by atoms with Crippen molar-refractivity contribution in [3.8, 4) is 11.8 Å². The number of carbonyl (C=O) groups is 1. The van der Waals surface area contributed by atoms with Crippen molar-refractivity contribution < 1.29 is 23.1 Å². The highest BCUT2D eigenvalue weighted by Crippen LogP contribution is 2.27. The van der Waals surface area contributed by atoms with E-state index in [0.717, 1.165) is 24.3 Å². The van der Waals surface area contributed by atoms with Gasteiger partial charge in [0.1, 0.15) is 0 Å². The van der Waals surface area contributed by atoms with E-state index in [1.807, 2.05) is 6.07 Å². The Balaban J connectivity index is 1.80. The van der Waals surface area contributed by atoms with Crippen molar-refractivity contribution >= 4 is 5.91 Å². The molecule has 0 unspecified atom stereocenters. The maximum Gasteiger partial charge on any atom is 0.471 e. The van der Waals surface area contributed by atoms with Crippen LogP contribution in [0.4, 0.5) is 13.2 Å². The highest BCUT2D eigenvalue weighted by molar-refractivity contribution is 5.81. The number of nitrogens with one attached hydrogen (secondary N) is 1. The van der Waals surface area contributed by atoms with Crippen molar-refractivity contribution in [2.45, 2.75) is 63.6 Å². The maximum absolute atomic E-state index is 12.1. The molecule has 0 saturated heterocycles. The second-order valence-electron chi connectivity index (χ2n) is 7.03. The Morgan fingerprint density at radius 1 is 1.26 bits per heavy atom. The first-order chi connectivity index (χ1) is 12.9. The SMILES string of the molecule is O=C(NCC[C@@H](O)c1cccc(C#CCCC2CCCCC2)c1)C(F)(F)F. The lowest BCUT2D eigenvalue weighted by Crippen LogP contribution is -2.37. The van der Waals surface area contributed by atoms with Crippen LogP contribution in [0.1, 0.15) is 68.6 Å². The predicted molar refractivity (Wildman–Crippen MR) is 97.8 cm³/mol. The molecule has 1 fully saturated rings. The van der Waals surface area contributed by atoms with Crippen molar-refractivity contribution in [2.75, 3.05) is 6.54 Å². The van der Waals surface area contributed by atoms with Crippen molar-refractivity contribution in [1.29, 1.82) is 0 Å². The van der Waals surface area contributed by atoms with Crippen molar-refractivity contribution in [3.05, 3.63) is 35.4 Å². The molecule has 0 bridgehead atoms. The molecule has 1 aliphatic rings. The van der Waals surface area contributed by atoms with Crippen LogP contribution in [0, 0.1) is 17.8 Å². The number of alkyl halides is 3. The van der Waals surface area contributed by atoms with Gasteiger partial charge in [-0.1, -0.05) is 56.1 Å². The standard InChI is InChI=1S/C21H26F3NO2/c22-21(23,24)20(27)25-14-13-19(26)18-12-6-11-17(15-18)10-5-4-9-16-7-2-1-3-8-16/h6,11-12,15-16,19,26H,1-4,7-9,13-14H2,(H,25,27)/t19-/m1/s1. The molecule has 148 valence electrons. The average molecular weight is 381 g/mol. The summed E-state index contributed by atoms with van der Waals surface area (Å²) in [5.74, 6) is 5.06. The van der Waals surface area contributed by atoms with E-state index in [0.29, 0.717) is 5.56 Å². The third-order valence-corrected chi connectivity index (χ3v) is 4.87. The summed E-state index contributed by atoms with van der Waals surface area (Å²) >= 11 is 0. The minimum atomic E-state index is -4.90. The number of hydrogen-bond donors (Lipinski definition) is 2. The molecule has 0 aromatic heterocycles. The number of halogens is 3. The number of hydrogen-bond acceptors (Lipinski definition) is 2.